The molecule has 98 valence electrons. The first-order valence-electron chi connectivity index (χ1n) is 6.79. The zero-order chi connectivity index (χ0) is 12.8. The second-order valence-electron chi connectivity index (χ2n) is 4.82. The van der Waals surface area contributed by atoms with Gasteiger partial charge in [0, 0.05) is 6.54 Å². The predicted molar refractivity (Wildman–Crippen MR) is 71.7 cm³/mol. The molecule has 0 saturated heterocycles. The van der Waals surface area contributed by atoms with E-state index in [0.29, 0.717) is 6.61 Å². The molecule has 1 aromatic rings. The van der Waals surface area contributed by atoms with Crippen LogP contribution in [-0.4, -0.2) is 19.1 Å². The van der Waals surface area contributed by atoms with Crippen molar-refractivity contribution in [2.45, 2.75) is 32.6 Å². The number of unbranched alkanes of at least 4 members (excludes halogenated alkanes) is 2. The molecule has 1 heterocycles. The van der Waals surface area contributed by atoms with Crippen molar-refractivity contribution in [1.29, 1.82) is 0 Å². The molecule has 0 aliphatic carbocycles. The summed E-state index contributed by atoms with van der Waals surface area (Å²) in [6, 6.07) is 7.95. The minimum Gasteiger partial charge on any atom is -0.492 e. The SMILES string of the molecule is CCCCCNC(=O)C1COc2ccccc2C1. The predicted octanol–water partition coefficient (Wildman–Crippen LogP) is 2.54. The van der Waals surface area contributed by atoms with Crippen LogP contribution >= 0.6 is 0 Å². The molecule has 1 unspecified atom stereocenters. The molecule has 0 aromatic heterocycles. The molecule has 0 spiro atoms. The van der Waals surface area contributed by atoms with E-state index in [-0.39, 0.29) is 11.8 Å². The summed E-state index contributed by atoms with van der Waals surface area (Å²) in [6.07, 6.45) is 4.20. The third-order valence-corrected chi connectivity index (χ3v) is 3.33. The number of nitrogens with one attached hydrogen (secondary N) is 1. The molecule has 2 rings (SSSR count). The van der Waals surface area contributed by atoms with Crippen molar-refractivity contribution in [1.82, 2.24) is 5.32 Å². The lowest BCUT2D eigenvalue weighted by atomic mass is 9.96. The first kappa shape index (κ1) is 12.9. The van der Waals surface area contributed by atoms with Gasteiger partial charge in [0.05, 0.1) is 5.92 Å². The summed E-state index contributed by atoms with van der Waals surface area (Å²) in [5.74, 6) is 1.01. The fraction of sp³-hybridized carbons (Fsp3) is 0.533. The lowest BCUT2D eigenvalue weighted by Crippen LogP contribution is -2.37. The topological polar surface area (TPSA) is 38.3 Å². The van der Waals surface area contributed by atoms with Gasteiger partial charge < -0.3 is 10.1 Å². The van der Waals surface area contributed by atoms with Gasteiger partial charge in [-0.05, 0) is 24.5 Å². The first-order valence-corrected chi connectivity index (χ1v) is 6.79. The van der Waals surface area contributed by atoms with Crippen LogP contribution in [-0.2, 0) is 11.2 Å². The number of rotatable bonds is 5. The van der Waals surface area contributed by atoms with Crippen LogP contribution in [0.5, 0.6) is 5.75 Å². The van der Waals surface area contributed by atoms with E-state index in [9.17, 15) is 4.79 Å². The van der Waals surface area contributed by atoms with Crippen LogP contribution in [0.4, 0.5) is 0 Å². The van der Waals surface area contributed by atoms with E-state index < -0.39 is 0 Å². The van der Waals surface area contributed by atoms with Crippen LogP contribution in [0, 0.1) is 5.92 Å². The van der Waals surface area contributed by atoms with Crippen molar-refractivity contribution >= 4 is 5.91 Å². The van der Waals surface area contributed by atoms with Gasteiger partial charge >= 0.3 is 0 Å². The molecular weight excluding hydrogens is 226 g/mol. The zero-order valence-corrected chi connectivity index (χ0v) is 10.9. The molecule has 1 aliphatic heterocycles. The standard InChI is InChI=1S/C15H21NO2/c1-2-3-6-9-16-15(17)13-10-12-7-4-5-8-14(12)18-11-13/h4-5,7-8,13H,2-3,6,9-11H2,1H3,(H,16,17). The fourth-order valence-electron chi connectivity index (χ4n) is 2.23. The molecule has 3 nitrogen and oxygen atoms in total. The van der Waals surface area contributed by atoms with Crippen molar-refractivity contribution in [3.63, 3.8) is 0 Å². The minimum absolute atomic E-state index is 0.0403. The van der Waals surface area contributed by atoms with Gasteiger partial charge in [-0.15, -0.1) is 0 Å². The maximum atomic E-state index is 12.0. The molecule has 1 N–H and O–H groups in total. The van der Waals surface area contributed by atoms with E-state index in [4.69, 9.17) is 4.74 Å². The molecule has 0 bridgehead atoms. The van der Waals surface area contributed by atoms with Crippen molar-refractivity contribution < 1.29 is 9.53 Å². The van der Waals surface area contributed by atoms with E-state index in [1.165, 1.54) is 12.8 Å². The van der Waals surface area contributed by atoms with E-state index in [1.54, 1.807) is 0 Å². The molecule has 1 atom stereocenters. The highest BCUT2D eigenvalue weighted by atomic mass is 16.5. The third-order valence-electron chi connectivity index (χ3n) is 3.33. The monoisotopic (exact) mass is 247 g/mol. The summed E-state index contributed by atoms with van der Waals surface area (Å²) in [5.41, 5.74) is 1.14. The first-order chi connectivity index (χ1) is 8.81. The van der Waals surface area contributed by atoms with Crippen LogP contribution in [0.3, 0.4) is 0 Å². The van der Waals surface area contributed by atoms with E-state index in [1.807, 2.05) is 24.3 Å². The van der Waals surface area contributed by atoms with Crippen LogP contribution in [0.15, 0.2) is 24.3 Å². The van der Waals surface area contributed by atoms with Crippen molar-refractivity contribution in [2.75, 3.05) is 13.2 Å². The molecule has 1 aromatic carbocycles. The Morgan fingerprint density at radius 3 is 3.06 bits per heavy atom. The second kappa shape index (κ2) is 6.43. The summed E-state index contributed by atoms with van der Waals surface area (Å²) < 4.78 is 5.62. The summed E-state index contributed by atoms with van der Waals surface area (Å²) in [7, 11) is 0. The number of hydrogen-bond acceptors (Lipinski definition) is 2. The van der Waals surface area contributed by atoms with Gasteiger partial charge in [-0.1, -0.05) is 38.0 Å². The maximum Gasteiger partial charge on any atom is 0.226 e. The second-order valence-corrected chi connectivity index (χ2v) is 4.82. The van der Waals surface area contributed by atoms with Gasteiger partial charge in [-0.2, -0.15) is 0 Å². The molecule has 18 heavy (non-hydrogen) atoms. The Bertz CT molecular complexity index is 403. The highest BCUT2D eigenvalue weighted by Gasteiger charge is 2.25. The number of ether oxygens (including phenoxy) is 1. The number of fused-ring (bicyclic) bond motifs is 1. The lowest BCUT2D eigenvalue weighted by Gasteiger charge is -2.24. The van der Waals surface area contributed by atoms with Gasteiger partial charge in [0.1, 0.15) is 12.4 Å². The molecule has 3 heteroatoms. The third kappa shape index (κ3) is 3.25. The average Bonchev–Trinajstić information content (AvgIpc) is 2.43. The lowest BCUT2D eigenvalue weighted by molar-refractivity contribution is -0.126. The van der Waals surface area contributed by atoms with Crippen molar-refractivity contribution in [3.8, 4) is 5.75 Å². The summed E-state index contributed by atoms with van der Waals surface area (Å²) in [4.78, 5) is 12.0. The van der Waals surface area contributed by atoms with E-state index >= 15 is 0 Å². The Labute approximate surface area is 109 Å². The van der Waals surface area contributed by atoms with Gasteiger partial charge in [-0.3, -0.25) is 4.79 Å². The summed E-state index contributed by atoms with van der Waals surface area (Å²) >= 11 is 0. The smallest absolute Gasteiger partial charge is 0.226 e. The van der Waals surface area contributed by atoms with Crippen molar-refractivity contribution in [3.05, 3.63) is 29.8 Å². The Morgan fingerprint density at radius 1 is 1.39 bits per heavy atom. The highest BCUT2D eigenvalue weighted by molar-refractivity contribution is 5.79. The van der Waals surface area contributed by atoms with E-state index in [2.05, 4.69) is 12.2 Å². The number of amides is 1. The number of carbonyl (C=O) groups is 1. The van der Waals surface area contributed by atoms with Gasteiger partial charge in [0.15, 0.2) is 0 Å². The van der Waals surface area contributed by atoms with Gasteiger partial charge in [0.25, 0.3) is 0 Å². The normalized spacial score (nSPS) is 17.7. The Balaban J connectivity index is 1.83. The number of para-hydroxylation sites is 1. The molecule has 0 fully saturated rings. The summed E-state index contributed by atoms with van der Waals surface area (Å²) in [6.45, 7) is 3.44. The maximum absolute atomic E-state index is 12.0. The fourth-order valence-corrected chi connectivity index (χ4v) is 2.23. The van der Waals surface area contributed by atoms with Crippen LogP contribution in [0.2, 0.25) is 0 Å². The van der Waals surface area contributed by atoms with E-state index in [0.717, 1.165) is 30.7 Å². The number of hydrogen-bond donors (Lipinski definition) is 1. The zero-order valence-electron chi connectivity index (χ0n) is 10.9. The van der Waals surface area contributed by atoms with Crippen LogP contribution in [0.25, 0.3) is 0 Å². The largest absolute Gasteiger partial charge is 0.492 e. The minimum atomic E-state index is -0.0403. The average molecular weight is 247 g/mol. The van der Waals surface area contributed by atoms with Crippen molar-refractivity contribution in [2.24, 2.45) is 5.92 Å². The number of carbonyl (C=O) groups excluding carboxylic acids is 1. The Kier molecular flexibility index (Phi) is 4.62. The highest BCUT2D eigenvalue weighted by Crippen LogP contribution is 2.26. The quantitative estimate of drug-likeness (QED) is 0.812. The number of benzene rings is 1. The van der Waals surface area contributed by atoms with Crippen LogP contribution in [0.1, 0.15) is 31.7 Å². The molecule has 0 radical (unpaired) electrons. The summed E-state index contributed by atoms with van der Waals surface area (Å²) in [5, 5.41) is 3.00. The molecule has 1 amide bonds. The van der Waals surface area contributed by atoms with Gasteiger partial charge in [0.2, 0.25) is 5.91 Å². The molecule has 1 aliphatic rings. The molecule has 0 saturated carbocycles. The van der Waals surface area contributed by atoms with Gasteiger partial charge in [-0.25, -0.2) is 0 Å². The molecular formula is C15H21NO2. The Hall–Kier alpha value is -1.51. The Morgan fingerprint density at radius 2 is 2.22 bits per heavy atom. The van der Waals surface area contributed by atoms with Crippen LogP contribution < -0.4 is 10.1 Å².